The van der Waals surface area contributed by atoms with Crippen LogP contribution in [0.4, 0.5) is 0 Å². The summed E-state index contributed by atoms with van der Waals surface area (Å²) in [5, 5.41) is 31.7. The minimum absolute atomic E-state index is 0.0411. The largest absolute Gasteiger partial charge is 0.479 e. The lowest BCUT2D eigenvalue weighted by Gasteiger charge is -2.40. The van der Waals surface area contributed by atoms with Gasteiger partial charge < -0.3 is 39.0 Å². The molecule has 12 nitrogen and oxygen atoms in total. The summed E-state index contributed by atoms with van der Waals surface area (Å²) < 4.78 is 28.6. The first-order chi connectivity index (χ1) is 41.6. The maximum atomic E-state index is 13.2. The van der Waals surface area contributed by atoms with E-state index in [0.717, 1.165) is 128 Å². The van der Waals surface area contributed by atoms with E-state index in [4.69, 9.17) is 23.7 Å². The molecule has 6 atom stereocenters. The zero-order chi connectivity index (χ0) is 61.7. The first kappa shape index (κ1) is 78.9. The molecule has 0 aromatic carbocycles. The normalized spacial score (nSPS) is 18.0. The average molecular weight is 1190 g/mol. The molecule has 85 heavy (non-hydrogen) atoms. The number of esters is 3. The summed E-state index contributed by atoms with van der Waals surface area (Å²) in [6.07, 6.45) is 66.7. The SMILES string of the molecule is CC/C=C\C/C=C\C/C=C\C/C=C\CCCCCCCCC(=O)OC1C(OCC(COC(=O)CCCCCCCCCCC/C=C\CCCCCCCC)OC(=O)CCCCCCCCC/C=C\C/C=C\CCCCC)OC(C(=O)O)C(O)C1O. The van der Waals surface area contributed by atoms with E-state index in [1.165, 1.54) is 116 Å². The van der Waals surface area contributed by atoms with Crippen molar-refractivity contribution in [3.05, 3.63) is 85.1 Å². The van der Waals surface area contributed by atoms with Gasteiger partial charge in [-0.3, -0.25) is 14.4 Å². The van der Waals surface area contributed by atoms with Crippen molar-refractivity contribution in [3.63, 3.8) is 0 Å². The second kappa shape index (κ2) is 60.2. The van der Waals surface area contributed by atoms with Crippen LogP contribution in [0.15, 0.2) is 85.1 Å². The number of carbonyl (C=O) groups excluding carboxylic acids is 3. The summed E-state index contributed by atoms with van der Waals surface area (Å²) in [6, 6.07) is 0. The third-order valence-electron chi connectivity index (χ3n) is 15.4. The van der Waals surface area contributed by atoms with E-state index in [1.807, 2.05) is 0 Å². The number of aliphatic carboxylic acids is 1. The Morgan fingerprint density at radius 3 is 1.16 bits per heavy atom. The molecule has 488 valence electrons. The Balaban J connectivity index is 2.65. The number of carboxylic acids is 1. The van der Waals surface area contributed by atoms with Crippen LogP contribution in [0.2, 0.25) is 0 Å². The molecule has 0 saturated carbocycles. The summed E-state index contributed by atoms with van der Waals surface area (Å²) in [6.45, 7) is 5.88. The predicted octanol–water partition coefficient (Wildman–Crippen LogP) is 19.0. The van der Waals surface area contributed by atoms with Crippen molar-refractivity contribution in [2.45, 2.75) is 340 Å². The highest BCUT2D eigenvalue weighted by atomic mass is 16.7. The van der Waals surface area contributed by atoms with Crippen molar-refractivity contribution in [3.8, 4) is 0 Å². The summed E-state index contributed by atoms with van der Waals surface area (Å²) >= 11 is 0. The Kier molecular flexibility index (Phi) is 55.9. The maximum absolute atomic E-state index is 13.2. The summed E-state index contributed by atoms with van der Waals surface area (Å²) in [4.78, 5) is 51.5. The van der Waals surface area contributed by atoms with Crippen LogP contribution in [-0.4, -0.2) is 89.2 Å². The molecule has 1 rings (SSSR count). The van der Waals surface area contributed by atoms with Gasteiger partial charge in [0, 0.05) is 19.3 Å². The smallest absolute Gasteiger partial charge is 0.335 e. The van der Waals surface area contributed by atoms with Gasteiger partial charge in [-0.15, -0.1) is 0 Å². The van der Waals surface area contributed by atoms with Crippen LogP contribution < -0.4 is 0 Å². The van der Waals surface area contributed by atoms with E-state index in [9.17, 15) is 34.5 Å². The van der Waals surface area contributed by atoms with Gasteiger partial charge in [-0.2, -0.15) is 0 Å². The highest BCUT2D eigenvalue weighted by Crippen LogP contribution is 2.27. The summed E-state index contributed by atoms with van der Waals surface area (Å²) in [5.74, 6) is -3.14. The van der Waals surface area contributed by atoms with E-state index in [0.29, 0.717) is 19.3 Å². The molecule has 1 aliphatic rings. The van der Waals surface area contributed by atoms with Crippen LogP contribution in [0.25, 0.3) is 0 Å². The Labute approximate surface area is 518 Å². The van der Waals surface area contributed by atoms with E-state index in [-0.39, 0.29) is 25.9 Å². The fraction of sp³-hybridized carbons (Fsp3) is 0.753. The second-order valence-corrected chi connectivity index (χ2v) is 23.4. The van der Waals surface area contributed by atoms with Crippen LogP contribution in [0.3, 0.4) is 0 Å². The van der Waals surface area contributed by atoms with Gasteiger partial charge in [-0.25, -0.2) is 4.79 Å². The van der Waals surface area contributed by atoms with Gasteiger partial charge in [-0.1, -0.05) is 254 Å². The summed E-state index contributed by atoms with van der Waals surface area (Å²) in [7, 11) is 0. The molecule has 3 N–H and O–H groups in total. The van der Waals surface area contributed by atoms with Gasteiger partial charge in [0.15, 0.2) is 24.6 Å². The monoisotopic (exact) mass is 1190 g/mol. The van der Waals surface area contributed by atoms with Crippen molar-refractivity contribution < 1.29 is 58.2 Å². The molecule has 12 heteroatoms. The number of hydrogen-bond donors (Lipinski definition) is 3. The minimum atomic E-state index is -1.91. The van der Waals surface area contributed by atoms with Crippen molar-refractivity contribution >= 4 is 23.9 Å². The van der Waals surface area contributed by atoms with Gasteiger partial charge in [0.2, 0.25) is 0 Å². The molecule has 6 unspecified atom stereocenters. The molecule has 1 saturated heterocycles. The Morgan fingerprint density at radius 2 is 0.741 bits per heavy atom. The molecule has 1 heterocycles. The first-order valence-electron chi connectivity index (χ1n) is 34.6. The number of allylic oxidation sites excluding steroid dienone is 14. The van der Waals surface area contributed by atoms with E-state index >= 15 is 0 Å². The maximum Gasteiger partial charge on any atom is 0.335 e. The molecule has 0 aromatic rings. The fourth-order valence-corrected chi connectivity index (χ4v) is 10.2. The number of ether oxygens (including phenoxy) is 5. The Morgan fingerprint density at radius 1 is 0.400 bits per heavy atom. The molecule has 0 amide bonds. The van der Waals surface area contributed by atoms with E-state index < -0.39 is 67.3 Å². The lowest BCUT2D eigenvalue weighted by Crippen LogP contribution is -2.61. The molecule has 0 aromatic heterocycles. The molecule has 1 aliphatic heterocycles. The second-order valence-electron chi connectivity index (χ2n) is 23.4. The number of carbonyl (C=O) groups is 4. The molecular weight excluding hydrogens is 1070 g/mol. The lowest BCUT2D eigenvalue weighted by atomic mass is 9.98. The average Bonchev–Trinajstić information content (AvgIpc) is 2.79. The first-order valence-corrected chi connectivity index (χ1v) is 34.6. The highest BCUT2D eigenvalue weighted by molar-refractivity contribution is 5.74. The standard InChI is InChI=1S/C73H124O12/c1-4-7-10-13-16-19-22-25-28-31-33-36-38-41-44-47-50-53-56-59-65(74)81-62-64(83-66(75)60-57-54-51-48-45-42-39-35-30-27-24-21-18-15-12-9-6-3)63-82-73-71(69(78)68(77)70(85-73)72(79)80)84-67(76)61-58-55-52-49-46-43-40-37-34-32-29-26-23-20-17-14-11-8-5-2/h8,11,17-18,20-21,25-30,34,37,64,68-71,73,77-78H,4-7,9-10,12-16,19,22-24,31-33,35-36,38-63H2,1-3H3,(H,79,80)/b11-8-,20-17-,21-18-,28-25-,29-26-,30-27-,37-34-. The third kappa shape index (κ3) is 49.6. The quantitative estimate of drug-likeness (QED) is 0.0228. The molecular formula is C73H124O12. The van der Waals surface area contributed by atoms with Crippen LogP contribution in [0.1, 0.15) is 303 Å². The number of aliphatic hydroxyl groups is 2. The third-order valence-corrected chi connectivity index (χ3v) is 15.4. The zero-order valence-corrected chi connectivity index (χ0v) is 54.1. The fourth-order valence-electron chi connectivity index (χ4n) is 10.2. The molecule has 0 radical (unpaired) electrons. The minimum Gasteiger partial charge on any atom is -0.479 e. The summed E-state index contributed by atoms with van der Waals surface area (Å²) in [5.41, 5.74) is 0. The number of aliphatic hydroxyl groups excluding tert-OH is 2. The van der Waals surface area contributed by atoms with Crippen molar-refractivity contribution in [2.75, 3.05) is 13.2 Å². The van der Waals surface area contributed by atoms with Crippen molar-refractivity contribution in [1.82, 2.24) is 0 Å². The van der Waals surface area contributed by atoms with E-state index in [1.54, 1.807) is 0 Å². The van der Waals surface area contributed by atoms with E-state index in [2.05, 4.69) is 106 Å². The lowest BCUT2D eigenvalue weighted by molar-refractivity contribution is -0.301. The number of rotatable bonds is 59. The van der Waals surface area contributed by atoms with Gasteiger partial charge in [0.05, 0.1) is 6.61 Å². The van der Waals surface area contributed by atoms with Crippen molar-refractivity contribution in [1.29, 1.82) is 0 Å². The van der Waals surface area contributed by atoms with Gasteiger partial charge in [0.1, 0.15) is 18.8 Å². The molecule has 1 fully saturated rings. The molecule has 0 aliphatic carbocycles. The van der Waals surface area contributed by atoms with Gasteiger partial charge in [-0.05, 0) is 116 Å². The predicted molar refractivity (Wildman–Crippen MR) is 349 cm³/mol. The van der Waals surface area contributed by atoms with Crippen LogP contribution >= 0.6 is 0 Å². The Hall–Kier alpha value is -4.10. The number of hydrogen-bond acceptors (Lipinski definition) is 11. The highest BCUT2D eigenvalue weighted by Gasteiger charge is 2.50. The number of unbranched alkanes of at least 4 members (excludes halogenated alkanes) is 31. The molecule has 0 spiro atoms. The van der Waals surface area contributed by atoms with Crippen LogP contribution in [0, 0.1) is 0 Å². The van der Waals surface area contributed by atoms with Crippen LogP contribution in [-0.2, 0) is 42.9 Å². The topological polar surface area (TPSA) is 175 Å². The zero-order valence-electron chi connectivity index (χ0n) is 54.1. The number of carboxylic acid groups (broad SMARTS) is 1. The Bertz CT molecular complexity index is 1800. The van der Waals surface area contributed by atoms with Gasteiger partial charge in [0.25, 0.3) is 0 Å². The van der Waals surface area contributed by atoms with Crippen molar-refractivity contribution in [2.24, 2.45) is 0 Å². The molecule has 0 bridgehead atoms. The van der Waals surface area contributed by atoms with Gasteiger partial charge >= 0.3 is 23.9 Å². The van der Waals surface area contributed by atoms with Crippen LogP contribution in [0.5, 0.6) is 0 Å².